The van der Waals surface area contributed by atoms with Crippen LogP contribution in [0.5, 0.6) is 5.75 Å². The highest BCUT2D eigenvalue weighted by atomic mass is 79.9. The van der Waals surface area contributed by atoms with Gasteiger partial charge in [0.1, 0.15) is 11.6 Å². The fourth-order valence-electron chi connectivity index (χ4n) is 3.43. The molecule has 1 amide bonds. The lowest BCUT2D eigenvalue weighted by molar-refractivity contribution is -0.113. The van der Waals surface area contributed by atoms with Gasteiger partial charge in [-0.1, -0.05) is 52.0 Å². The molecule has 8 heteroatoms. The number of rotatable bonds is 11. The van der Waals surface area contributed by atoms with Gasteiger partial charge in [0.25, 0.3) is 0 Å². The summed E-state index contributed by atoms with van der Waals surface area (Å²) in [4.78, 5) is 12.5. The molecule has 0 aliphatic heterocycles. The van der Waals surface area contributed by atoms with Crippen molar-refractivity contribution in [2.45, 2.75) is 45.3 Å². The van der Waals surface area contributed by atoms with Crippen LogP contribution in [-0.2, 0) is 17.8 Å². The first-order chi connectivity index (χ1) is 15.9. The second-order valence-electron chi connectivity index (χ2n) is 7.76. The zero-order valence-corrected chi connectivity index (χ0v) is 21.6. The van der Waals surface area contributed by atoms with Crippen LogP contribution in [0.15, 0.2) is 58.7 Å². The first kappa shape index (κ1) is 25.1. The van der Waals surface area contributed by atoms with Crippen molar-refractivity contribution in [1.29, 1.82) is 0 Å². The monoisotopic (exact) mass is 528 g/mol. The van der Waals surface area contributed by atoms with Crippen LogP contribution in [0.4, 0.5) is 5.69 Å². The number of ether oxygens (including phenoxy) is 1. The number of aromatic nitrogens is 3. The number of benzene rings is 2. The van der Waals surface area contributed by atoms with Gasteiger partial charge in [-0.15, -0.1) is 16.8 Å². The Labute approximate surface area is 208 Å². The maximum Gasteiger partial charge on any atom is 0.234 e. The number of amides is 1. The number of carbonyl (C=O) groups is 1. The van der Waals surface area contributed by atoms with Crippen LogP contribution in [0.1, 0.15) is 28.9 Å². The SMILES string of the molecule is C=CCn1c(CCCOc2ccc(Br)cc2C)nnc1SCC(=O)Nc1c(C)cccc1C. The fraction of sp³-hybridized carbons (Fsp3) is 0.320. The van der Waals surface area contributed by atoms with Crippen LogP contribution >= 0.6 is 27.7 Å². The van der Waals surface area contributed by atoms with E-state index in [4.69, 9.17) is 4.74 Å². The molecule has 1 aromatic heterocycles. The molecule has 1 N–H and O–H groups in total. The molecule has 0 unspecified atom stereocenters. The number of anilines is 1. The van der Waals surface area contributed by atoms with Gasteiger partial charge >= 0.3 is 0 Å². The van der Waals surface area contributed by atoms with Crippen molar-refractivity contribution >= 4 is 39.3 Å². The Hall–Kier alpha value is -2.58. The highest BCUT2D eigenvalue weighted by molar-refractivity contribution is 9.10. The number of nitrogens with one attached hydrogen (secondary N) is 1. The number of hydrogen-bond donors (Lipinski definition) is 1. The van der Waals surface area contributed by atoms with E-state index < -0.39 is 0 Å². The maximum atomic E-state index is 12.5. The zero-order valence-electron chi connectivity index (χ0n) is 19.2. The Morgan fingerprint density at radius 3 is 2.64 bits per heavy atom. The number of nitrogens with zero attached hydrogens (tertiary/aromatic N) is 3. The van der Waals surface area contributed by atoms with Gasteiger partial charge in [-0.05, 0) is 62.1 Å². The molecule has 6 nitrogen and oxygen atoms in total. The molecule has 0 fully saturated rings. The van der Waals surface area contributed by atoms with E-state index in [0.717, 1.165) is 51.3 Å². The maximum absolute atomic E-state index is 12.5. The van der Waals surface area contributed by atoms with E-state index in [2.05, 4.69) is 38.0 Å². The Morgan fingerprint density at radius 1 is 1.18 bits per heavy atom. The number of carbonyl (C=O) groups excluding carboxylic acids is 1. The van der Waals surface area contributed by atoms with Crippen molar-refractivity contribution < 1.29 is 9.53 Å². The van der Waals surface area contributed by atoms with Gasteiger partial charge in [0.2, 0.25) is 5.91 Å². The predicted octanol–water partition coefficient (Wildman–Crippen LogP) is 5.89. The summed E-state index contributed by atoms with van der Waals surface area (Å²) >= 11 is 4.85. The summed E-state index contributed by atoms with van der Waals surface area (Å²) in [5.74, 6) is 1.95. The quantitative estimate of drug-likeness (QED) is 0.191. The summed E-state index contributed by atoms with van der Waals surface area (Å²) in [6.45, 7) is 11.0. The van der Waals surface area contributed by atoms with Gasteiger partial charge < -0.3 is 14.6 Å². The fourth-order valence-corrected chi connectivity index (χ4v) is 4.67. The first-order valence-corrected chi connectivity index (χ1v) is 12.6. The van der Waals surface area contributed by atoms with Crippen LogP contribution in [0, 0.1) is 20.8 Å². The molecule has 0 aliphatic carbocycles. The van der Waals surface area contributed by atoms with Crippen molar-refractivity contribution in [3.8, 4) is 5.75 Å². The largest absolute Gasteiger partial charge is 0.493 e. The molecular weight excluding hydrogens is 500 g/mol. The third-order valence-corrected chi connectivity index (χ3v) is 6.58. The molecule has 0 spiro atoms. The summed E-state index contributed by atoms with van der Waals surface area (Å²) in [7, 11) is 0. The van der Waals surface area contributed by atoms with E-state index >= 15 is 0 Å². The molecular formula is C25H29BrN4O2S. The number of allylic oxidation sites excluding steroid dienone is 1. The smallest absolute Gasteiger partial charge is 0.234 e. The number of thioether (sulfide) groups is 1. The average Bonchev–Trinajstić information content (AvgIpc) is 3.15. The number of para-hydroxylation sites is 1. The highest BCUT2D eigenvalue weighted by Gasteiger charge is 2.14. The van der Waals surface area contributed by atoms with E-state index in [0.29, 0.717) is 18.3 Å². The van der Waals surface area contributed by atoms with Crippen LogP contribution < -0.4 is 10.1 Å². The van der Waals surface area contributed by atoms with Crippen molar-refractivity contribution in [3.63, 3.8) is 0 Å². The van der Waals surface area contributed by atoms with Gasteiger partial charge in [-0.3, -0.25) is 4.79 Å². The number of halogens is 1. The molecule has 0 atom stereocenters. The van der Waals surface area contributed by atoms with Crippen molar-refractivity contribution in [1.82, 2.24) is 14.8 Å². The molecule has 174 valence electrons. The van der Waals surface area contributed by atoms with Crippen molar-refractivity contribution in [2.24, 2.45) is 0 Å². The lowest BCUT2D eigenvalue weighted by Gasteiger charge is -2.12. The van der Waals surface area contributed by atoms with E-state index in [1.165, 1.54) is 11.8 Å². The van der Waals surface area contributed by atoms with Gasteiger partial charge in [0.15, 0.2) is 5.16 Å². The Bertz CT molecular complexity index is 1110. The highest BCUT2D eigenvalue weighted by Crippen LogP contribution is 2.24. The van der Waals surface area contributed by atoms with Gasteiger partial charge in [-0.25, -0.2) is 0 Å². The Balaban J connectivity index is 1.55. The molecule has 3 aromatic rings. The van der Waals surface area contributed by atoms with E-state index in [-0.39, 0.29) is 11.7 Å². The van der Waals surface area contributed by atoms with E-state index in [9.17, 15) is 4.79 Å². The molecule has 2 aromatic carbocycles. The summed E-state index contributed by atoms with van der Waals surface area (Å²) in [6.07, 6.45) is 3.35. The van der Waals surface area contributed by atoms with Gasteiger partial charge in [-0.2, -0.15) is 0 Å². The Morgan fingerprint density at radius 2 is 1.94 bits per heavy atom. The second kappa shape index (κ2) is 12.0. The van der Waals surface area contributed by atoms with Crippen LogP contribution in [0.2, 0.25) is 0 Å². The molecule has 0 radical (unpaired) electrons. The van der Waals surface area contributed by atoms with Crippen LogP contribution in [0.25, 0.3) is 0 Å². The molecule has 0 bridgehead atoms. The molecule has 1 heterocycles. The first-order valence-electron chi connectivity index (χ1n) is 10.8. The lowest BCUT2D eigenvalue weighted by atomic mass is 10.1. The average molecular weight is 530 g/mol. The molecule has 33 heavy (non-hydrogen) atoms. The third kappa shape index (κ3) is 6.95. The number of hydrogen-bond acceptors (Lipinski definition) is 5. The summed E-state index contributed by atoms with van der Waals surface area (Å²) in [6, 6.07) is 11.9. The minimum Gasteiger partial charge on any atom is -0.493 e. The summed E-state index contributed by atoms with van der Waals surface area (Å²) < 4.78 is 8.97. The van der Waals surface area contributed by atoms with Crippen LogP contribution in [0.3, 0.4) is 0 Å². The molecule has 0 saturated carbocycles. The predicted molar refractivity (Wildman–Crippen MR) is 138 cm³/mol. The molecule has 0 aliphatic rings. The number of aryl methyl sites for hydroxylation is 4. The minimum atomic E-state index is -0.0645. The van der Waals surface area contributed by atoms with Crippen molar-refractivity contribution in [2.75, 3.05) is 17.7 Å². The molecule has 3 rings (SSSR count). The molecule has 0 saturated heterocycles. The standard InChI is InChI=1S/C25H29BrN4O2S/c1-5-13-30-22(10-7-14-32-21-12-11-20(26)15-19(21)4)28-29-25(30)33-16-23(31)27-24-17(2)8-6-9-18(24)3/h5-6,8-9,11-12,15H,1,7,10,13-14,16H2,2-4H3,(H,27,31). The van der Waals surface area contributed by atoms with E-state index in [1.54, 1.807) is 0 Å². The zero-order chi connectivity index (χ0) is 23.8. The second-order valence-corrected chi connectivity index (χ2v) is 9.62. The summed E-state index contributed by atoms with van der Waals surface area (Å²) in [5.41, 5.74) is 4.06. The minimum absolute atomic E-state index is 0.0645. The lowest BCUT2D eigenvalue weighted by Crippen LogP contribution is -2.16. The summed E-state index contributed by atoms with van der Waals surface area (Å²) in [5, 5.41) is 12.4. The van der Waals surface area contributed by atoms with E-state index in [1.807, 2.05) is 67.8 Å². The van der Waals surface area contributed by atoms with Gasteiger partial charge in [0, 0.05) is 23.1 Å². The van der Waals surface area contributed by atoms with Crippen LogP contribution in [-0.4, -0.2) is 33.0 Å². The topological polar surface area (TPSA) is 69.0 Å². The van der Waals surface area contributed by atoms with Crippen molar-refractivity contribution in [3.05, 3.63) is 76.0 Å². The normalized spacial score (nSPS) is 10.8. The third-order valence-electron chi connectivity index (χ3n) is 5.12. The Kier molecular flexibility index (Phi) is 9.14. The van der Waals surface area contributed by atoms with Gasteiger partial charge in [0.05, 0.1) is 12.4 Å².